The zero-order valence-corrected chi connectivity index (χ0v) is 17.7. The van der Waals surface area contributed by atoms with Gasteiger partial charge in [-0.15, -0.1) is 0 Å². The quantitative estimate of drug-likeness (QED) is 0.440. The Morgan fingerprint density at radius 2 is 2.00 bits per heavy atom. The van der Waals surface area contributed by atoms with Crippen molar-refractivity contribution in [1.29, 1.82) is 0 Å². The molecule has 158 valence electrons. The van der Waals surface area contributed by atoms with Crippen LogP contribution in [0.15, 0.2) is 41.3 Å². The zero-order chi connectivity index (χ0) is 21.4. The number of carboxylic acids is 1. The van der Waals surface area contributed by atoms with Crippen LogP contribution in [0.2, 0.25) is 0 Å². The van der Waals surface area contributed by atoms with Crippen LogP contribution in [0.3, 0.4) is 0 Å². The predicted molar refractivity (Wildman–Crippen MR) is 106 cm³/mol. The van der Waals surface area contributed by atoms with E-state index in [4.69, 9.17) is 9.47 Å². The molecule has 0 aliphatic rings. The van der Waals surface area contributed by atoms with Gasteiger partial charge in [-0.25, -0.2) is 14.3 Å². The molecule has 0 bridgehead atoms. The van der Waals surface area contributed by atoms with Crippen LogP contribution in [0.5, 0.6) is 5.75 Å². The molecule has 10 heteroatoms. The molecule has 2 N–H and O–H groups in total. The normalized spacial score (nSPS) is 10.6. The summed E-state index contributed by atoms with van der Waals surface area (Å²) in [5.74, 6) is -0.738. The summed E-state index contributed by atoms with van der Waals surface area (Å²) in [6.07, 6.45) is 1.48. The van der Waals surface area contributed by atoms with Crippen molar-refractivity contribution in [2.45, 2.75) is 39.3 Å². The van der Waals surface area contributed by atoms with Crippen LogP contribution in [0, 0.1) is 0 Å². The van der Waals surface area contributed by atoms with Gasteiger partial charge in [-0.1, -0.05) is 6.07 Å². The number of carboxylic acid groups (broad SMARTS) is 1. The van der Waals surface area contributed by atoms with Crippen molar-refractivity contribution in [2.24, 2.45) is 0 Å². The first-order valence-electron chi connectivity index (χ1n) is 9.14. The third-order valence-electron chi connectivity index (χ3n) is 3.68. The van der Waals surface area contributed by atoms with E-state index >= 15 is 0 Å². The number of nitrogens with zero attached hydrogens (tertiary/aromatic N) is 2. The largest absolute Gasteiger partial charge is 1.00 e. The minimum atomic E-state index is -1.12. The van der Waals surface area contributed by atoms with E-state index < -0.39 is 17.7 Å². The second-order valence-corrected chi connectivity index (χ2v) is 7.27. The van der Waals surface area contributed by atoms with Crippen molar-refractivity contribution in [1.82, 2.24) is 15.1 Å². The Balaban J connectivity index is 0.00000450. The molecule has 0 unspecified atom stereocenters. The summed E-state index contributed by atoms with van der Waals surface area (Å²) >= 11 is 0. The fourth-order valence-electron chi connectivity index (χ4n) is 2.42. The van der Waals surface area contributed by atoms with E-state index in [9.17, 15) is 19.5 Å². The molecule has 0 atom stereocenters. The van der Waals surface area contributed by atoms with Crippen molar-refractivity contribution in [2.75, 3.05) is 13.2 Å². The minimum Gasteiger partial charge on any atom is -1.00 e. The summed E-state index contributed by atoms with van der Waals surface area (Å²) < 4.78 is 11.9. The van der Waals surface area contributed by atoms with Crippen LogP contribution in [-0.4, -0.2) is 45.7 Å². The Bertz CT molecular complexity index is 930. The Morgan fingerprint density at radius 1 is 1.27 bits per heavy atom. The Hall–Kier alpha value is -2.76. The van der Waals surface area contributed by atoms with Gasteiger partial charge in [-0.3, -0.25) is 4.79 Å². The average molecular weight is 411 g/mol. The van der Waals surface area contributed by atoms with E-state index in [0.717, 1.165) is 0 Å². The molecule has 0 spiro atoms. The maximum Gasteiger partial charge on any atom is 1.00 e. The summed E-state index contributed by atoms with van der Waals surface area (Å²) in [5, 5.41) is 16.0. The molecule has 0 saturated carbocycles. The van der Waals surface area contributed by atoms with Gasteiger partial charge in [0.05, 0.1) is 18.7 Å². The number of hydrogen-bond donors (Lipinski definition) is 2. The van der Waals surface area contributed by atoms with Crippen LogP contribution in [0.4, 0.5) is 4.79 Å². The number of aromatic carboxylic acids is 1. The van der Waals surface area contributed by atoms with Crippen LogP contribution >= 0.6 is 0 Å². The number of carbonyl (C=O) groups excluding carboxylic acids is 1. The fourth-order valence-corrected chi connectivity index (χ4v) is 2.42. The average Bonchev–Trinajstić information content (AvgIpc) is 2.62. The van der Waals surface area contributed by atoms with Crippen LogP contribution in [-0.2, 0) is 11.3 Å². The number of aromatic nitrogens is 2. The number of benzene rings is 1. The maximum atomic E-state index is 11.8. The topological polar surface area (TPSA) is 120 Å². The van der Waals surface area contributed by atoms with E-state index in [1.807, 2.05) is 0 Å². The second-order valence-electron chi connectivity index (χ2n) is 7.27. The van der Waals surface area contributed by atoms with E-state index in [1.165, 1.54) is 29.1 Å². The third-order valence-corrected chi connectivity index (χ3v) is 3.68. The van der Waals surface area contributed by atoms with Crippen molar-refractivity contribution < 1.29 is 44.5 Å². The Labute approximate surface area is 188 Å². The fraction of sp³-hybridized carbons (Fsp3) is 0.400. The van der Waals surface area contributed by atoms with Gasteiger partial charge in [-0.2, -0.15) is 5.10 Å². The number of carbonyl (C=O) groups is 2. The molecule has 1 aromatic carbocycles. The Morgan fingerprint density at radius 3 is 2.63 bits per heavy atom. The van der Waals surface area contributed by atoms with Crippen LogP contribution in [0.1, 0.15) is 44.5 Å². The number of rotatable bonds is 8. The van der Waals surface area contributed by atoms with Crippen molar-refractivity contribution in [3.8, 4) is 5.75 Å². The maximum absolute atomic E-state index is 11.8. The molecule has 9 nitrogen and oxygen atoms in total. The van der Waals surface area contributed by atoms with Gasteiger partial charge in [0.2, 0.25) is 0 Å². The first kappa shape index (κ1) is 25.3. The number of amides is 1. The van der Waals surface area contributed by atoms with E-state index in [0.29, 0.717) is 24.3 Å². The molecule has 0 aliphatic carbocycles. The van der Waals surface area contributed by atoms with Gasteiger partial charge >= 0.3 is 30.9 Å². The molecule has 2 aromatic rings. The molecule has 30 heavy (non-hydrogen) atoms. The summed E-state index contributed by atoms with van der Waals surface area (Å²) in [6.45, 7) is 6.04. The van der Waals surface area contributed by atoms with Gasteiger partial charge in [0, 0.05) is 18.8 Å². The van der Waals surface area contributed by atoms with Gasteiger partial charge < -0.3 is 21.3 Å². The zero-order valence-electron chi connectivity index (χ0n) is 18.7. The summed E-state index contributed by atoms with van der Waals surface area (Å²) in [5.41, 5.74) is -0.401. The van der Waals surface area contributed by atoms with Gasteiger partial charge in [0.1, 0.15) is 11.4 Å². The SMILES string of the molecule is CC(C)(C)OC(=O)NCCCOc1ccc(Cn2ncccc2=O)c(C(=O)O)c1.[H-].[Li+]. The first-order valence-corrected chi connectivity index (χ1v) is 9.14. The molecule has 0 radical (unpaired) electrons. The van der Waals surface area contributed by atoms with E-state index in [-0.39, 0.29) is 44.6 Å². The van der Waals surface area contributed by atoms with Crippen LogP contribution in [0.25, 0.3) is 0 Å². The second kappa shape index (κ2) is 11.4. The first-order chi connectivity index (χ1) is 13.7. The van der Waals surface area contributed by atoms with Crippen molar-refractivity contribution in [3.63, 3.8) is 0 Å². The number of ether oxygens (including phenoxy) is 2. The molecular weight excluding hydrogens is 385 g/mol. The molecule has 0 saturated heterocycles. The van der Waals surface area contributed by atoms with Crippen LogP contribution < -0.4 is 34.5 Å². The molecule has 2 rings (SSSR count). The Kier molecular flexibility index (Phi) is 9.63. The minimum absolute atomic E-state index is 0. The standard InChI is InChI=1S/C20H25N3O6.Li.H/c1-20(2,3)29-19(27)21-9-5-11-28-15-8-7-14(16(12-15)18(25)26)13-23-17(24)6-4-10-22-23;;/h4,6-8,10,12H,5,9,11,13H2,1-3H3,(H,21,27)(H,25,26);;/q;+1;-1. The molecule has 0 fully saturated rings. The number of alkyl carbamates (subject to hydrolysis) is 1. The van der Waals surface area contributed by atoms with Gasteiger partial charge in [-0.05, 0) is 51.0 Å². The molecule has 1 heterocycles. The number of hydrogen-bond acceptors (Lipinski definition) is 6. The van der Waals surface area contributed by atoms with Crippen molar-refractivity contribution in [3.05, 3.63) is 58.0 Å². The smallest absolute Gasteiger partial charge is 1.00 e. The summed E-state index contributed by atoms with van der Waals surface area (Å²) in [4.78, 5) is 34.9. The van der Waals surface area contributed by atoms with Crippen molar-refractivity contribution >= 4 is 12.1 Å². The molecule has 1 aromatic heterocycles. The molecular formula is C20H26LiN3O6. The third kappa shape index (κ3) is 8.31. The summed E-state index contributed by atoms with van der Waals surface area (Å²) in [7, 11) is 0. The summed E-state index contributed by atoms with van der Waals surface area (Å²) in [6, 6.07) is 7.52. The van der Waals surface area contributed by atoms with Gasteiger partial charge in [0.25, 0.3) is 5.56 Å². The molecule has 0 aliphatic heterocycles. The monoisotopic (exact) mass is 411 g/mol. The van der Waals surface area contributed by atoms with Gasteiger partial charge in [0.15, 0.2) is 0 Å². The molecule has 1 amide bonds. The number of nitrogens with one attached hydrogen (secondary N) is 1. The predicted octanol–water partition coefficient (Wildman–Crippen LogP) is -0.600. The van der Waals surface area contributed by atoms with E-state index in [2.05, 4.69) is 10.4 Å². The van der Waals surface area contributed by atoms with E-state index in [1.54, 1.807) is 32.9 Å².